The first-order valence-corrected chi connectivity index (χ1v) is 10.1. The Kier molecular flexibility index (Phi) is 5.68. The fourth-order valence-corrected chi connectivity index (χ4v) is 3.55. The van der Waals surface area contributed by atoms with Gasteiger partial charge >= 0.3 is 6.61 Å². The van der Waals surface area contributed by atoms with Gasteiger partial charge in [0.2, 0.25) is 0 Å². The molecule has 0 aliphatic carbocycles. The van der Waals surface area contributed by atoms with Gasteiger partial charge in [0.25, 0.3) is 5.91 Å². The summed E-state index contributed by atoms with van der Waals surface area (Å²) in [6.45, 7) is 1.38. The number of alkyl halides is 2. The highest BCUT2D eigenvalue weighted by atomic mass is 79.9. The average molecular weight is 491 g/mol. The Morgan fingerprint density at radius 1 is 1.26 bits per heavy atom. The number of hydrogen-bond acceptors (Lipinski definition) is 5. The van der Waals surface area contributed by atoms with Gasteiger partial charge in [-0.05, 0) is 53.5 Å². The number of amides is 1. The van der Waals surface area contributed by atoms with Crippen molar-refractivity contribution in [3.8, 4) is 17.1 Å². The predicted molar refractivity (Wildman–Crippen MR) is 113 cm³/mol. The van der Waals surface area contributed by atoms with Crippen molar-refractivity contribution in [1.29, 1.82) is 0 Å². The number of nitrogens with zero attached hydrogens (tertiary/aromatic N) is 5. The summed E-state index contributed by atoms with van der Waals surface area (Å²) in [4.78, 5) is 17.0. The number of aryl methyl sites for hydroxylation is 2. The zero-order chi connectivity index (χ0) is 22.1. The van der Waals surface area contributed by atoms with Crippen LogP contribution in [0.4, 0.5) is 14.5 Å². The molecule has 0 saturated heterocycles. The molecule has 0 spiro atoms. The van der Waals surface area contributed by atoms with Crippen LogP contribution in [0.25, 0.3) is 17.0 Å². The molecule has 0 unspecified atom stereocenters. The molecule has 0 saturated carbocycles. The number of anilines is 1. The van der Waals surface area contributed by atoms with Gasteiger partial charge in [0.15, 0.2) is 11.3 Å². The summed E-state index contributed by atoms with van der Waals surface area (Å²) in [5.41, 5.74) is 2.62. The second-order valence-corrected chi connectivity index (χ2v) is 7.50. The minimum absolute atomic E-state index is 0.0644. The van der Waals surface area contributed by atoms with Crippen LogP contribution >= 0.6 is 15.9 Å². The lowest BCUT2D eigenvalue weighted by atomic mass is 10.2. The van der Waals surface area contributed by atoms with E-state index in [4.69, 9.17) is 0 Å². The maximum atomic E-state index is 12.8. The molecule has 31 heavy (non-hydrogen) atoms. The van der Waals surface area contributed by atoms with Gasteiger partial charge < -0.3 is 10.1 Å². The van der Waals surface area contributed by atoms with E-state index in [2.05, 4.69) is 41.2 Å². The minimum Gasteiger partial charge on any atom is -0.433 e. The van der Waals surface area contributed by atoms with Crippen LogP contribution < -0.4 is 10.1 Å². The SMILES string of the molecule is CCn1cc(Br)c(-c2ccnc3cc(C(=O)Nc4ccc(C)cc4OC(F)F)nn23)n1. The molecule has 1 N–H and O–H groups in total. The van der Waals surface area contributed by atoms with Crippen LogP contribution in [-0.4, -0.2) is 36.9 Å². The van der Waals surface area contributed by atoms with Crippen molar-refractivity contribution in [1.82, 2.24) is 24.4 Å². The second kappa shape index (κ2) is 8.42. The number of aromatic nitrogens is 5. The van der Waals surface area contributed by atoms with Crippen LogP contribution in [0.15, 0.2) is 47.2 Å². The van der Waals surface area contributed by atoms with Crippen LogP contribution in [-0.2, 0) is 6.54 Å². The zero-order valence-corrected chi connectivity index (χ0v) is 18.1. The molecule has 0 aliphatic heterocycles. The number of rotatable bonds is 6. The van der Waals surface area contributed by atoms with E-state index in [1.54, 1.807) is 29.9 Å². The summed E-state index contributed by atoms with van der Waals surface area (Å²) < 4.78 is 34.0. The molecule has 4 rings (SSSR count). The summed E-state index contributed by atoms with van der Waals surface area (Å²) in [7, 11) is 0. The van der Waals surface area contributed by atoms with Crippen molar-refractivity contribution in [2.75, 3.05) is 5.32 Å². The molecule has 0 fully saturated rings. The molecule has 0 aliphatic rings. The van der Waals surface area contributed by atoms with Crippen molar-refractivity contribution in [3.05, 3.63) is 58.5 Å². The number of hydrogen-bond donors (Lipinski definition) is 1. The van der Waals surface area contributed by atoms with Crippen molar-refractivity contribution in [2.24, 2.45) is 0 Å². The lowest BCUT2D eigenvalue weighted by molar-refractivity contribution is -0.0494. The zero-order valence-electron chi connectivity index (χ0n) is 16.5. The Labute approximate surface area is 184 Å². The Hall–Kier alpha value is -3.34. The highest BCUT2D eigenvalue weighted by molar-refractivity contribution is 9.10. The van der Waals surface area contributed by atoms with Crippen LogP contribution in [0, 0.1) is 6.92 Å². The van der Waals surface area contributed by atoms with Gasteiger partial charge in [0, 0.05) is 25.0 Å². The molecular weight excluding hydrogens is 474 g/mol. The maximum absolute atomic E-state index is 12.8. The van der Waals surface area contributed by atoms with Gasteiger partial charge in [0.05, 0.1) is 15.9 Å². The van der Waals surface area contributed by atoms with Gasteiger partial charge in [0.1, 0.15) is 11.4 Å². The molecule has 0 atom stereocenters. The van der Waals surface area contributed by atoms with E-state index in [0.717, 1.165) is 4.47 Å². The lowest BCUT2D eigenvalue weighted by Gasteiger charge is -2.12. The molecule has 3 heterocycles. The molecule has 11 heteroatoms. The number of halogens is 3. The fourth-order valence-electron chi connectivity index (χ4n) is 3.03. The largest absolute Gasteiger partial charge is 0.433 e. The Morgan fingerprint density at radius 2 is 2.06 bits per heavy atom. The van der Waals surface area contributed by atoms with E-state index in [-0.39, 0.29) is 17.1 Å². The summed E-state index contributed by atoms with van der Waals surface area (Å²) in [6, 6.07) is 7.85. The smallest absolute Gasteiger partial charge is 0.387 e. The third-order valence-corrected chi connectivity index (χ3v) is 5.06. The van der Waals surface area contributed by atoms with Gasteiger partial charge in [-0.2, -0.15) is 19.0 Å². The highest BCUT2D eigenvalue weighted by Gasteiger charge is 2.19. The van der Waals surface area contributed by atoms with Crippen LogP contribution in [0.5, 0.6) is 5.75 Å². The summed E-state index contributed by atoms with van der Waals surface area (Å²) in [6.07, 6.45) is 3.45. The van der Waals surface area contributed by atoms with Crippen molar-refractivity contribution >= 4 is 33.2 Å². The van der Waals surface area contributed by atoms with E-state index >= 15 is 0 Å². The van der Waals surface area contributed by atoms with E-state index in [9.17, 15) is 13.6 Å². The van der Waals surface area contributed by atoms with Crippen LogP contribution in [0.3, 0.4) is 0 Å². The maximum Gasteiger partial charge on any atom is 0.387 e. The monoisotopic (exact) mass is 490 g/mol. The van der Waals surface area contributed by atoms with Gasteiger partial charge in [-0.3, -0.25) is 9.48 Å². The molecule has 4 aromatic rings. The van der Waals surface area contributed by atoms with E-state index < -0.39 is 12.5 Å². The summed E-state index contributed by atoms with van der Waals surface area (Å²) >= 11 is 3.49. The third-order valence-electron chi connectivity index (χ3n) is 4.48. The lowest BCUT2D eigenvalue weighted by Crippen LogP contribution is -2.14. The standard InChI is InChI=1S/C20H17BrF2N6O2/c1-3-28-10-12(21)18(27-28)15-6-7-24-17-9-14(26-29(15)17)19(30)25-13-5-4-11(2)8-16(13)31-20(22)23/h4-10,20H,3H2,1-2H3,(H,25,30). The van der Waals surface area contributed by atoms with Gasteiger partial charge in [-0.1, -0.05) is 6.07 Å². The molecule has 1 aromatic carbocycles. The Bertz CT molecular complexity index is 1270. The first-order chi connectivity index (χ1) is 14.9. The van der Waals surface area contributed by atoms with Crippen LogP contribution in [0.1, 0.15) is 23.0 Å². The van der Waals surface area contributed by atoms with E-state index in [1.165, 1.54) is 22.7 Å². The van der Waals surface area contributed by atoms with Crippen LogP contribution in [0.2, 0.25) is 0 Å². The molecule has 0 bridgehead atoms. The average Bonchev–Trinajstić information content (AvgIpc) is 3.32. The normalized spacial score (nSPS) is 11.3. The van der Waals surface area contributed by atoms with Crippen molar-refractivity contribution in [2.45, 2.75) is 27.0 Å². The first-order valence-electron chi connectivity index (χ1n) is 9.30. The van der Waals surface area contributed by atoms with Crippen molar-refractivity contribution in [3.63, 3.8) is 0 Å². The Balaban J connectivity index is 1.68. The highest BCUT2D eigenvalue weighted by Crippen LogP contribution is 2.29. The predicted octanol–water partition coefficient (Wildman–Crippen LogP) is 4.54. The molecule has 8 nitrogen and oxygen atoms in total. The Morgan fingerprint density at radius 3 is 2.77 bits per heavy atom. The molecule has 0 radical (unpaired) electrons. The quantitative estimate of drug-likeness (QED) is 0.428. The first kappa shape index (κ1) is 20.9. The van der Waals surface area contributed by atoms with Crippen molar-refractivity contribution < 1.29 is 18.3 Å². The molecule has 1 amide bonds. The number of carbonyl (C=O) groups is 1. The van der Waals surface area contributed by atoms with E-state index in [0.29, 0.717) is 29.1 Å². The number of nitrogens with one attached hydrogen (secondary N) is 1. The topological polar surface area (TPSA) is 86.3 Å². The second-order valence-electron chi connectivity index (χ2n) is 6.64. The number of benzene rings is 1. The molecule has 160 valence electrons. The third kappa shape index (κ3) is 4.26. The molecule has 3 aromatic heterocycles. The summed E-state index contributed by atoms with van der Waals surface area (Å²) in [5.74, 6) is -0.711. The summed E-state index contributed by atoms with van der Waals surface area (Å²) in [5, 5.41) is 11.4. The number of ether oxygens (including phenoxy) is 1. The number of fused-ring (bicyclic) bond motifs is 1. The minimum atomic E-state index is -3.01. The number of carbonyl (C=O) groups excluding carboxylic acids is 1. The fraction of sp³-hybridized carbons (Fsp3) is 0.200. The molecular formula is C20H17BrF2N6O2. The van der Waals surface area contributed by atoms with Gasteiger partial charge in [-0.15, -0.1) is 0 Å². The van der Waals surface area contributed by atoms with E-state index in [1.807, 2.05) is 13.1 Å². The van der Waals surface area contributed by atoms with Gasteiger partial charge in [-0.25, -0.2) is 9.50 Å².